The predicted octanol–water partition coefficient (Wildman–Crippen LogP) is 4.24. The maximum Gasteiger partial charge on any atom is 0.149 e. The van der Waals surface area contributed by atoms with E-state index in [2.05, 4.69) is 24.1 Å². The molecule has 1 N–H and O–H groups in total. The van der Waals surface area contributed by atoms with Crippen LogP contribution in [0.25, 0.3) is 10.9 Å². The zero-order valence-corrected chi connectivity index (χ0v) is 11.3. The SMILES string of the molecule is CCNc1c(C(C)C)c(C)nc2c(F)cccc12. The van der Waals surface area contributed by atoms with E-state index in [1.165, 1.54) is 11.6 Å². The second-order valence-corrected chi connectivity index (χ2v) is 4.81. The van der Waals surface area contributed by atoms with Crippen LogP contribution in [0.4, 0.5) is 10.1 Å². The number of aromatic nitrogens is 1. The van der Waals surface area contributed by atoms with E-state index < -0.39 is 0 Å². The second kappa shape index (κ2) is 4.92. The summed E-state index contributed by atoms with van der Waals surface area (Å²) in [4.78, 5) is 4.42. The fraction of sp³-hybridized carbons (Fsp3) is 0.400. The number of para-hydroxylation sites is 1. The van der Waals surface area contributed by atoms with Gasteiger partial charge in [-0.1, -0.05) is 26.0 Å². The fourth-order valence-corrected chi connectivity index (χ4v) is 2.46. The molecule has 3 heteroatoms. The molecule has 0 radical (unpaired) electrons. The van der Waals surface area contributed by atoms with Gasteiger partial charge in [0.1, 0.15) is 11.3 Å². The molecule has 1 aromatic heterocycles. The molecule has 0 aliphatic carbocycles. The molecule has 18 heavy (non-hydrogen) atoms. The lowest BCUT2D eigenvalue weighted by molar-refractivity contribution is 0.636. The van der Waals surface area contributed by atoms with E-state index in [0.29, 0.717) is 11.4 Å². The Balaban J connectivity index is 2.85. The van der Waals surface area contributed by atoms with Crippen molar-refractivity contribution in [1.29, 1.82) is 0 Å². The normalized spacial score (nSPS) is 11.2. The van der Waals surface area contributed by atoms with Gasteiger partial charge in [0.25, 0.3) is 0 Å². The van der Waals surface area contributed by atoms with Crippen LogP contribution < -0.4 is 5.32 Å². The minimum absolute atomic E-state index is 0.259. The first-order chi connectivity index (χ1) is 8.56. The molecule has 0 saturated heterocycles. The third-order valence-electron chi connectivity index (χ3n) is 3.13. The lowest BCUT2D eigenvalue weighted by Gasteiger charge is -2.19. The number of nitrogens with one attached hydrogen (secondary N) is 1. The molecular weight excluding hydrogens is 227 g/mol. The Kier molecular flexibility index (Phi) is 3.50. The molecular formula is C15H19FN2. The second-order valence-electron chi connectivity index (χ2n) is 4.81. The van der Waals surface area contributed by atoms with Crippen LogP contribution in [0, 0.1) is 12.7 Å². The minimum Gasteiger partial charge on any atom is -0.384 e. The molecule has 2 rings (SSSR count). The molecule has 96 valence electrons. The van der Waals surface area contributed by atoms with Gasteiger partial charge >= 0.3 is 0 Å². The average molecular weight is 246 g/mol. The molecule has 0 aliphatic heterocycles. The van der Waals surface area contributed by atoms with Crippen LogP contribution in [0.2, 0.25) is 0 Å². The van der Waals surface area contributed by atoms with Crippen molar-refractivity contribution < 1.29 is 4.39 Å². The van der Waals surface area contributed by atoms with Gasteiger partial charge in [-0.25, -0.2) is 9.37 Å². The number of anilines is 1. The molecule has 0 atom stereocenters. The quantitative estimate of drug-likeness (QED) is 0.876. The van der Waals surface area contributed by atoms with E-state index in [0.717, 1.165) is 23.3 Å². The summed E-state index contributed by atoms with van der Waals surface area (Å²) >= 11 is 0. The molecule has 0 fully saturated rings. The van der Waals surface area contributed by atoms with Crippen molar-refractivity contribution in [1.82, 2.24) is 4.98 Å². The van der Waals surface area contributed by atoms with Crippen LogP contribution in [-0.4, -0.2) is 11.5 Å². The van der Waals surface area contributed by atoms with E-state index in [1.807, 2.05) is 19.9 Å². The molecule has 1 heterocycles. The van der Waals surface area contributed by atoms with E-state index in [1.54, 1.807) is 6.07 Å². The first-order valence-electron chi connectivity index (χ1n) is 6.38. The number of nitrogens with zero attached hydrogens (tertiary/aromatic N) is 1. The minimum atomic E-state index is -0.259. The highest BCUT2D eigenvalue weighted by molar-refractivity contribution is 5.94. The number of fused-ring (bicyclic) bond motifs is 1. The van der Waals surface area contributed by atoms with Crippen LogP contribution in [0.1, 0.15) is 37.9 Å². The smallest absolute Gasteiger partial charge is 0.149 e. The molecule has 0 bridgehead atoms. The largest absolute Gasteiger partial charge is 0.384 e. The Morgan fingerprint density at radius 1 is 1.33 bits per heavy atom. The number of aryl methyl sites for hydroxylation is 1. The number of benzene rings is 1. The Morgan fingerprint density at radius 3 is 2.67 bits per heavy atom. The van der Waals surface area contributed by atoms with Gasteiger partial charge in [-0.3, -0.25) is 0 Å². The highest BCUT2D eigenvalue weighted by Gasteiger charge is 2.16. The Bertz CT molecular complexity index is 576. The van der Waals surface area contributed by atoms with E-state index >= 15 is 0 Å². The first kappa shape index (κ1) is 12.8. The van der Waals surface area contributed by atoms with Crippen LogP contribution in [0.5, 0.6) is 0 Å². The molecule has 1 aromatic carbocycles. The number of pyridine rings is 1. The summed E-state index contributed by atoms with van der Waals surface area (Å²) in [5.74, 6) is 0.101. The van der Waals surface area contributed by atoms with Gasteiger partial charge in [-0.15, -0.1) is 0 Å². The molecule has 0 saturated carbocycles. The summed E-state index contributed by atoms with van der Waals surface area (Å²) in [6.07, 6.45) is 0. The monoisotopic (exact) mass is 246 g/mol. The number of rotatable bonds is 3. The van der Waals surface area contributed by atoms with Crippen molar-refractivity contribution in [3.05, 3.63) is 35.3 Å². The topological polar surface area (TPSA) is 24.9 Å². The van der Waals surface area contributed by atoms with Crippen molar-refractivity contribution >= 4 is 16.6 Å². The van der Waals surface area contributed by atoms with E-state index in [9.17, 15) is 4.39 Å². The lowest BCUT2D eigenvalue weighted by Crippen LogP contribution is -2.07. The summed E-state index contributed by atoms with van der Waals surface area (Å²) in [6.45, 7) is 9.08. The van der Waals surface area contributed by atoms with Gasteiger partial charge in [0.05, 0.1) is 0 Å². The molecule has 2 nitrogen and oxygen atoms in total. The molecule has 0 unspecified atom stereocenters. The third-order valence-corrected chi connectivity index (χ3v) is 3.13. The van der Waals surface area contributed by atoms with Gasteiger partial charge in [0, 0.05) is 23.3 Å². The standard InChI is InChI=1S/C15H19FN2/c1-5-17-15-11-7-6-8-12(16)14(11)18-10(4)13(15)9(2)3/h6-9H,5H2,1-4H3,(H,17,18). The summed E-state index contributed by atoms with van der Waals surface area (Å²) in [7, 11) is 0. The van der Waals surface area contributed by atoms with Crippen LogP contribution in [-0.2, 0) is 0 Å². The van der Waals surface area contributed by atoms with Crippen LogP contribution >= 0.6 is 0 Å². The average Bonchev–Trinajstić information content (AvgIpc) is 2.30. The van der Waals surface area contributed by atoms with Crippen molar-refractivity contribution in [3.63, 3.8) is 0 Å². The van der Waals surface area contributed by atoms with Crippen LogP contribution in [0.15, 0.2) is 18.2 Å². The maximum atomic E-state index is 13.8. The highest BCUT2D eigenvalue weighted by Crippen LogP contribution is 2.34. The Morgan fingerprint density at radius 2 is 2.06 bits per heavy atom. The van der Waals surface area contributed by atoms with Gasteiger partial charge in [0.2, 0.25) is 0 Å². The fourth-order valence-electron chi connectivity index (χ4n) is 2.46. The van der Waals surface area contributed by atoms with Gasteiger partial charge in [-0.05, 0) is 31.4 Å². The zero-order valence-electron chi connectivity index (χ0n) is 11.3. The number of halogens is 1. The van der Waals surface area contributed by atoms with Gasteiger partial charge < -0.3 is 5.32 Å². The number of hydrogen-bond donors (Lipinski definition) is 1. The zero-order chi connectivity index (χ0) is 13.3. The number of hydrogen-bond acceptors (Lipinski definition) is 2. The van der Waals surface area contributed by atoms with E-state index in [4.69, 9.17) is 0 Å². The Hall–Kier alpha value is -1.64. The van der Waals surface area contributed by atoms with Crippen molar-refractivity contribution in [2.75, 3.05) is 11.9 Å². The van der Waals surface area contributed by atoms with Gasteiger partial charge in [0.15, 0.2) is 0 Å². The van der Waals surface area contributed by atoms with Crippen LogP contribution in [0.3, 0.4) is 0 Å². The van der Waals surface area contributed by atoms with E-state index in [-0.39, 0.29) is 5.82 Å². The lowest BCUT2D eigenvalue weighted by atomic mass is 9.96. The molecule has 0 amide bonds. The summed E-state index contributed by atoms with van der Waals surface area (Å²) in [5.41, 5.74) is 3.55. The molecule has 2 aromatic rings. The summed E-state index contributed by atoms with van der Waals surface area (Å²) in [6, 6.07) is 5.12. The van der Waals surface area contributed by atoms with Gasteiger partial charge in [-0.2, -0.15) is 0 Å². The molecule has 0 aliphatic rings. The highest BCUT2D eigenvalue weighted by atomic mass is 19.1. The van der Waals surface area contributed by atoms with Crippen molar-refractivity contribution in [3.8, 4) is 0 Å². The first-order valence-corrected chi connectivity index (χ1v) is 6.38. The third kappa shape index (κ3) is 2.05. The molecule has 0 spiro atoms. The maximum absolute atomic E-state index is 13.8. The predicted molar refractivity (Wildman–Crippen MR) is 74.7 cm³/mol. The summed E-state index contributed by atoms with van der Waals surface area (Å²) in [5, 5.41) is 4.23. The summed E-state index contributed by atoms with van der Waals surface area (Å²) < 4.78 is 13.8. The van der Waals surface area contributed by atoms with Crippen molar-refractivity contribution in [2.45, 2.75) is 33.6 Å². The Labute approximate surface area is 107 Å². The van der Waals surface area contributed by atoms with Crippen molar-refractivity contribution in [2.24, 2.45) is 0 Å².